The number of nitrogens with one attached hydrogen (secondary N) is 1. The number of nitrogens with zero attached hydrogens (tertiary/aromatic N) is 4. The summed E-state index contributed by atoms with van der Waals surface area (Å²) < 4.78 is 1.56. The fraction of sp³-hybridized carbons (Fsp3) is 0.522. The lowest BCUT2D eigenvalue weighted by Crippen LogP contribution is -2.33. The molecule has 0 unspecified atom stereocenters. The van der Waals surface area contributed by atoms with E-state index in [1.165, 1.54) is 0 Å². The molecule has 1 aromatic carbocycles. The number of aromatic nitrogens is 2. The summed E-state index contributed by atoms with van der Waals surface area (Å²) in [6, 6.07) is 7.45. The molecule has 0 bridgehead atoms. The number of rotatable bonds is 9. The van der Waals surface area contributed by atoms with E-state index in [1.807, 2.05) is 31.2 Å². The van der Waals surface area contributed by atoms with Crippen LogP contribution in [0.4, 0.5) is 17.1 Å². The molecular formula is C23H33N5O2. The summed E-state index contributed by atoms with van der Waals surface area (Å²) in [5.41, 5.74) is 2.99. The van der Waals surface area contributed by atoms with Crippen molar-refractivity contribution in [3.8, 4) is 0 Å². The number of para-hydroxylation sites is 2. The number of carbonyl (C=O) groups is 2. The Balaban J connectivity index is 1.91. The van der Waals surface area contributed by atoms with E-state index in [1.54, 1.807) is 16.6 Å². The van der Waals surface area contributed by atoms with Crippen LogP contribution in [0.25, 0.3) is 0 Å². The fourth-order valence-corrected chi connectivity index (χ4v) is 3.97. The number of unbranched alkanes of at least 4 members (excludes halogenated alkanes) is 2. The van der Waals surface area contributed by atoms with Crippen LogP contribution in [-0.2, 0) is 11.8 Å². The number of hydrogen-bond acceptors (Lipinski definition) is 4. The Bertz CT molecular complexity index is 897. The Hall–Kier alpha value is -2.67. The highest BCUT2D eigenvalue weighted by Crippen LogP contribution is 2.39. The van der Waals surface area contributed by atoms with Crippen LogP contribution in [0.1, 0.15) is 62.1 Å². The maximum Gasteiger partial charge on any atom is 0.276 e. The van der Waals surface area contributed by atoms with Gasteiger partial charge < -0.3 is 10.2 Å². The van der Waals surface area contributed by atoms with Crippen LogP contribution in [0, 0.1) is 6.92 Å². The molecule has 0 saturated heterocycles. The summed E-state index contributed by atoms with van der Waals surface area (Å²) in [6.07, 6.45) is 4.94. The molecular weight excluding hydrogens is 378 g/mol. The topological polar surface area (TPSA) is 70.5 Å². The van der Waals surface area contributed by atoms with Gasteiger partial charge in [0.15, 0.2) is 5.69 Å². The van der Waals surface area contributed by atoms with Gasteiger partial charge in [0.2, 0.25) is 5.91 Å². The SMILES string of the molecule is CCCCN(CCCC)CCC(=O)N1c2ccccc2NC(=O)c2c1c(C)nn2C. The number of carbonyl (C=O) groups excluding carboxylic acids is 2. The standard InChI is InChI=1S/C23H33N5O2/c1-5-7-14-27(15-8-6-2)16-13-20(29)28-19-12-10-9-11-18(19)24-23(30)22-21(28)17(3)25-26(22)4/h9-12H,5-8,13-16H2,1-4H3,(H,24,30). The first-order valence-electron chi connectivity index (χ1n) is 11.0. The van der Waals surface area contributed by atoms with Gasteiger partial charge in [-0.05, 0) is 45.0 Å². The van der Waals surface area contributed by atoms with E-state index < -0.39 is 0 Å². The highest BCUT2D eigenvalue weighted by molar-refractivity contribution is 6.17. The van der Waals surface area contributed by atoms with Gasteiger partial charge in [0.05, 0.1) is 17.1 Å². The lowest BCUT2D eigenvalue weighted by molar-refractivity contribution is -0.118. The molecule has 1 N–H and O–H groups in total. The second-order valence-corrected chi connectivity index (χ2v) is 7.91. The molecule has 2 heterocycles. The molecule has 0 fully saturated rings. The second kappa shape index (κ2) is 9.89. The van der Waals surface area contributed by atoms with Gasteiger partial charge in [0, 0.05) is 20.0 Å². The third-order valence-corrected chi connectivity index (χ3v) is 5.57. The van der Waals surface area contributed by atoms with Gasteiger partial charge in [-0.2, -0.15) is 5.10 Å². The summed E-state index contributed by atoms with van der Waals surface area (Å²) in [7, 11) is 1.74. The van der Waals surface area contributed by atoms with Crippen molar-refractivity contribution in [2.75, 3.05) is 29.9 Å². The predicted molar refractivity (Wildman–Crippen MR) is 120 cm³/mol. The Labute approximate surface area is 179 Å². The van der Waals surface area contributed by atoms with Gasteiger partial charge in [-0.3, -0.25) is 19.2 Å². The molecule has 1 aliphatic heterocycles. The molecule has 0 atom stereocenters. The Morgan fingerprint density at radius 3 is 2.43 bits per heavy atom. The van der Waals surface area contributed by atoms with E-state index in [2.05, 4.69) is 29.2 Å². The van der Waals surface area contributed by atoms with Crippen LogP contribution >= 0.6 is 0 Å². The first-order chi connectivity index (χ1) is 14.5. The van der Waals surface area contributed by atoms with Crippen LogP contribution < -0.4 is 10.2 Å². The quantitative estimate of drug-likeness (QED) is 0.670. The second-order valence-electron chi connectivity index (χ2n) is 7.91. The van der Waals surface area contributed by atoms with Crippen LogP contribution in [-0.4, -0.2) is 46.1 Å². The molecule has 0 spiro atoms. The van der Waals surface area contributed by atoms with Gasteiger partial charge in [-0.25, -0.2) is 0 Å². The average molecular weight is 412 g/mol. The van der Waals surface area contributed by atoms with Gasteiger partial charge >= 0.3 is 0 Å². The van der Waals surface area contributed by atoms with Crippen LogP contribution in [0.5, 0.6) is 0 Å². The van der Waals surface area contributed by atoms with Crippen molar-refractivity contribution >= 4 is 28.9 Å². The summed E-state index contributed by atoms with van der Waals surface area (Å²) in [4.78, 5) is 30.4. The third kappa shape index (κ3) is 4.56. The van der Waals surface area contributed by atoms with E-state index in [-0.39, 0.29) is 11.8 Å². The monoisotopic (exact) mass is 411 g/mol. The zero-order chi connectivity index (χ0) is 21.7. The molecule has 0 saturated carbocycles. The van der Waals surface area contributed by atoms with E-state index >= 15 is 0 Å². The Morgan fingerprint density at radius 1 is 1.10 bits per heavy atom. The van der Waals surface area contributed by atoms with Crippen molar-refractivity contribution in [3.63, 3.8) is 0 Å². The van der Waals surface area contributed by atoms with E-state index in [0.717, 1.165) is 38.8 Å². The van der Waals surface area contributed by atoms with Crippen molar-refractivity contribution in [1.82, 2.24) is 14.7 Å². The van der Waals surface area contributed by atoms with Crippen molar-refractivity contribution < 1.29 is 9.59 Å². The number of amides is 2. The maximum absolute atomic E-state index is 13.5. The summed E-state index contributed by atoms with van der Waals surface area (Å²) in [5, 5.41) is 7.35. The molecule has 1 aliphatic rings. The number of benzene rings is 1. The molecule has 2 amide bonds. The first kappa shape index (κ1) is 22.0. The highest BCUT2D eigenvalue weighted by atomic mass is 16.2. The molecule has 0 aliphatic carbocycles. The van der Waals surface area contributed by atoms with Gasteiger partial charge in [-0.1, -0.05) is 38.8 Å². The van der Waals surface area contributed by atoms with Crippen molar-refractivity contribution in [2.45, 2.75) is 52.9 Å². The lowest BCUT2D eigenvalue weighted by Gasteiger charge is -2.26. The van der Waals surface area contributed by atoms with Crippen molar-refractivity contribution in [3.05, 3.63) is 35.7 Å². The number of anilines is 3. The largest absolute Gasteiger partial charge is 0.319 e. The van der Waals surface area contributed by atoms with Gasteiger partial charge in [-0.15, -0.1) is 0 Å². The predicted octanol–water partition coefficient (Wildman–Crippen LogP) is 4.25. The normalized spacial score (nSPS) is 13.1. The maximum atomic E-state index is 13.5. The zero-order valence-electron chi connectivity index (χ0n) is 18.6. The Morgan fingerprint density at radius 2 is 1.77 bits per heavy atom. The van der Waals surface area contributed by atoms with Crippen LogP contribution in [0.2, 0.25) is 0 Å². The van der Waals surface area contributed by atoms with Crippen LogP contribution in [0.3, 0.4) is 0 Å². The smallest absolute Gasteiger partial charge is 0.276 e. The summed E-state index contributed by atoms with van der Waals surface area (Å²) in [6.45, 7) is 8.96. The Kier molecular flexibility index (Phi) is 7.26. The molecule has 7 nitrogen and oxygen atoms in total. The molecule has 30 heavy (non-hydrogen) atoms. The number of hydrogen-bond donors (Lipinski definition) is 1. The van der Waals surface area contributed by atoms with Crippen LogP contribution in [0.15, 0.2) is 24.3 Å². The molecule has 7 heteroatoms. The van der Waals surface area contributed by atoms with E-state index in [9.17, 15) is 9.59 Å². The molecule has 1 aromatic heterocycles. The van der Waals surface area contributed by atoms with E-state index in [0.29, 0.717) is 41.4 Å². The third-order valence-electron chi connectivity index (χ3n) is 5.57. The van der Waals surface area contributed by atoms with Crippen molar-refractivity contribution in [2.24, 2.45) is 7.05 Å². The zero-order valence-corrected chi connectivity index (χ0v) is 18.6. The summed E-state index contributed by atoms with van der Waals surface area (Å²) in [5.74, 6) is -0.266. The minimum absolute atomic E-state index is 0.0192. The number of fused-ring (bicyclic) bond motifs is 2. The molecule has 162 valence electrons. The first-order valence-corrected chi connectivity index (χ1v) is 11.0. The average Bonchev–Trinajstić information content (AvgIpc) is 2.94. The molecule has 2 aromatic rings. The highest BCUT2D eigenvalue weighted by Gasteiger charge is 2.34. The lowest BCUT2D eigenvalue weighted by atomic mass is 10.2. The van der Waals surface area contributed by atoms with Gasteiger partial charge in [0.25, 0.3) is 5.91 Å². The van der Waals surface area contributed by atoms with Crippen molar-refractivity contribution in [1.29, 1.82) is 0 Å². The molecule has 0 radical (unpaired) electrons. The minimum atomic E-state index is -0.247. The minimum Gasteiger partial charge on any atom is -0.319 e. The van der Waals surface area contributed by atoms with E-state index in [4.69, 9.17) is 0 Å². The number of aryl methyl sites for hydroxylation is 2. The summed E-state index contributed by atoms with van der Waals surface area (Å²) >= 11 is 0. The van der Waals surface area contributed by atoms with Gasteiger partial charge in [0.1, 0.15) is 5.69 Å². The fourth-order valence-electron chi connectivity index (χ4n) is 3.97. The molecule has 3 rings (SSSR count).